The number of hydrogen-bond donors (Lipinski definition) is 0. The van der Waals surface area contributed by atoms with Gasteiger partial charge in [-0.2, -0.15) is 0 Å². The average molecular weight is 668 g/mol. The lowest BCUT2D eigenvalue weighted by Crippen LogP contribution is -2.00. The Bertz CT molecular complexity index is 2900. The molecule has 0 aliphatic heterocycles. The van der Waals surface area contributed by atoms with E-state index in [2.05, 4.69) is 152 Å². The molecule has 0 radical (unpaired) electrons. The van der Waals surface area contributed by atoms with Crippen LogP contribution in [0.4, 0.5) is 0 Å². The van der Waals surface area contributed by atoms with Crippen molar-refractivity contribution in [3.8, 4) is 56.4 Å². The minimum Gasteiger partial charge on any atom is -0.208 e. The van der Waals surface area contributed by atoms with Gasteiger partial charge in [0.15, 0.2) is 17.5 Å². The topological polar surface area (TPSA) is 38.7 Å². The zero-order chi connectivity index (χ0) is 33.7. The second-order valence-electron chi connectivity index (χ2n) is 12.8. The summed E-state index contributed by atoms with van der Waals surface area (Å²) in [4.78, 5) is 15.4. The van der Waals surface area contributed by atoms with Crippen molar-refractivity contribution in [1.29, 1.82) is 0 Å². The molecular weight excluding hydrogens is 639 g/mol. The second kappa shape index (κ2) is 12.1. The van der Waals surface area contributed by atoms with Crippen molar-refractivity contribution in [2.45, 2.75) is 0 Å². The van der Waals surface area contributed by atoms with E-state index in [-0.39, 0.29) is 0 Å². The maximum Gasteiger partial charge on any atom is 0.164 e. The minimum absolute atomic E-state index is 0.648. The predicted molar refractivity (Wildman–Crippen MR) is 215 cm³/mol. The van der Waals surface area contributed by atoms with Gasteiger partial charge in [-0.15, -0.1) is 11.3 Å². The zero-order valence-corrected chi connectivity index (χ0v) is 28.3. The van der Waals surface area contributed by atoms with Gasteiger partial charge in [0.05, 0.1) is 0 Å². The number of aromatic nitrogens is 3. The van der Waals surface area contributed by atoms with E-state index in [1.54, 1.807) is 0 Å². The van der Waals surface area contributed by atoms with Gasteiger partial charge in [0.25, 0.3) is 0 Å². The molecule has 0 saturated heterocycles. The Balaban J connectivity index is 1.20. The number of fused-ring (bicyclic) bond motifs is 7. The maximum atomic E-state index is 5.19. The Morgan fingerprint density at radius 2 is 0.843 bits per heavy atom. The molecule has 0 N–H and O–H groups in total. The maximum absolute atomic E-state index is 5.19. The highest BCUT2D eigenvalue weighted by atomic mass is 32.1. The first-order chi connectivity index (χ1) is 25.3. The monoisotopic (exact) mass is 667 g/mol. The lowest BCUT2D eigenvalue weighted by Gasteiger charge is -2.12. The largest absolute Gasteiger partial charge is 0.208 e. The molecule has 2 aromatic heterocycles. The average Bonchev–Trinajstić information content (AvgIpc) is 3.60. The van der Waals surface area contributed by atoms with Gasteiger partial charge in [0.1, 0.15) is 0 Å². The Morgan fingerprint density at radius 3 is 1.59 bits per heavy atom. The molecule has 2 heterocycles. The quantitative estimate of drug-likeness (QED) is 0.171. The molecule has 0 aliphatic rings. The summed E-state index contributed by atoms with van der Waals surface area (Å²) in [6, 6.07) is 62.0. The Morgan fingerprint density at radius 1 is 0.314 bits per heavy atom. The normalized spacial score (nSPS) is 11.5. The van der Waals surface area contributed by atoms with Crippen LogP contribution in [0.15, 0.2) is 176 Å². The van der Waals surface area contributed by atoms with E-state index in [9.17, 15) is 0 Å². The Hall–Kier alpha value is -6.49. The first kappa shape index (κ1) is 29.4. The highest BCUT2D eigenvalue weighted by molar-refractivity contribution is 7.27. The van der Waals surface area contributed by atoms with Crippen LogP contribution >= 0.6 is 11.3 Å². The predicted octanol–water partition coefficient (Wildman–Crippen LogP) is 12.9. The van der Waals surface area contributed by atoms with E-state index in [0.717, 1.165) is 33.2 Å². The third-order valence-corrected chi connectivity index (χ3v) is 11.0. The van der Waals surface area contributed by atoms with Crippen LogP contribution in [-0.4, -0.2) is 15.0 Å². The number of hydrogen-bond acceptors (Lipinski definition) is 4. The van der Waals surface area contributed by atoms with Crippen LogP contribution in [-0.2, 0) is 0 Å². The lowest BCUT2D eigenvalue weighted by atomic mass is 9.96. The Kier molecular flexibility index (Phi) is 7.00. The third-order valence-electron chi connectivity index (χ3n) is 9.73. The molecule has 238 valence electrons. The fourth-order valence-corrected chi connectivity index (χ4v) is 8.69. The number of nitrogens with zero attached hydrogens (tertiary/aromatic N) is 3. The molecule has 4 heteroatoms. The lowest BCUT2D eigenvalue weighted by molar-refractivity contribution is 1.08. The van der Waals surface area contributed by atoms with Crippen LogP contribution in [0, 0.1) is 0 Å². The molecule has 51 heavy (non-hydrogen) atoms. The van der Waals surface area contributed by atoms with Crippen molar-refractivity contribution in [2.75, 3.05) is 0 Å². The van der Waals surface area contributed by atoms with Gasteiger partial charge in [-0.3, -0.25) is 0 Å². The molecule has 0 unspecified atom stereocenters. The molecule has 0 fully saturated rings. The van der Waals surface area contributed by atoms with Crippen molar-refractivity contribution in [1.82, 2.24) is 15.0 Å². The summed E-state index contributed by atoms with van der Waals surface area (Å²) < 4.78 is 2.61. The van der Waals surface area contributed by atoms with Crippen LogP contribution in [0.3, 0.4) is 0 Å². The number of rotatable bonds is 5. The van der Waals surface area contributed by atoms with E-state index in [1.165, 1.54) is 47.5 Å². The summed E-state index contributed by atoms with van der Waals surface area (Å²) in [5.74, 6) is 1.96. The van der Waals surface area contributed by atoms with Gasteiger partial charge in [-0.05, 0) is 44.5 Å². The van der Waals surface area contributed by atoms with Gasteiger partial charge < -0.3 is 0 Å². The van der Waals surface area contributed by atoms with Crippen molar-refractivity contribution < 1.29 is 0 Å². The van der Waals surface area contributed by atoms with Gasteiger partial charge in [0, 0.05) is 42.2 Å². The molecule has 3 nitrogen and oxygen atoms in total. The van der Waals surface area contributed by atoms with E-state index in [4.69, 9.17) is 15.0 Å². The van der Waals surface area contributed by atoms with Crippen molar-refractivity contribution in [2.24, 2.45) is 0 Å². The van der Waals surface area contributed by atoms with Gasteiger partial charge in [-0.25, -0.2) is 15.0 Å². The van der Waals surface area contributed by atoms with E-state index in [1.807, 2.05) is 35.6 Å². The van der Waals surface area contributed by atoms with Crippen LogP contribution in [0.2, 0.25) is 0 Å². The summed E-state index contributed by atoms with van der Waals surface area (Å²) in [6.07, 6.45) is 0. The standard InChI is InChI=1S/C47H29N3S/c1-4-13-30(14-5-1)34-19-10-20-35(29-34)46-48-45(33-17-8-3-9-18-33)49-47(50-46)41-24-12-22-38-37(41)27-25-32-26-28-40-39-23-11-21-36(31-15-6-2-7-16-31)43(39)51-44(40)42(32)38/h1-29H. The van der Waals surface area contributed by atoms with Gasteiger partial charge in [0.2, 0.25) is 0 Å². The summed E-state index contributed by atoms with van der Waals surface area (Å²) in [6.45, 7) is 0. The van der Waals surface area contributed by atoms with Crippen LogP contribution in [0.5, 0.6) is 0 Å². The molecule has 0 amide bonds. The molecule has 0 saturated carbocycles. The zero-order valence-electron chi connectivity index (χ0n) is 27.5. The molecule has 0 aliphatic carbocycles. The van der Waals surface area contributed by atoms with Crippen molar-refractivity contribution >= 4 is 53.1 Å². The van der Waals surface area contributed by atoms with E-state index in [0.29, 0.717) is 17.5 Å². The first-order valence-corrected chi connectivity index (χ1v) is 17.9. The summed E-state index contributed by atoms with van der Waals surface area (Å²) >= 11 is 1.89. The third kappa shape index (κ3) is 5.08. The number of thiophene rings is 1. The van der Waals surface area contributed by atoms with Gasteiger partial charge >= 0.3 is 0 Å². The molecule has 0 spiro atoms. The van der Waals surface area contributed by atoms with Gasteiger partial charge in [-0.1, -0.05) is 170 Å². The second-order valence-corrected chi connectivity index (χ2v) is 13.8. The Labute approximate surface area is 299 Å². The first-order valence-electron chi connectivity index (χ1n) is 17.1. The highest BCUT2D eigenvalue weighted by Gasteiger charge is 2.18. The fourth-order valence-electron chi connectivity index (χ4n) is 7.28. The molecule has 10 aromatic rings. The van der Waals surface area contributed by atoms with Crippen molar-refractivity contribution in [3.63, 3.8) is 0 Å². The molecule has 8 aromatic carbocycles. The van der Waals surface area contributed by atoms with Crippen LogP contribution < -0.4 is 0 Å². The molecule has 10 rings (SSSR count). The smallest absolute Gasteiger partial charge is 0.164 e. The highest BCUT2D eigenvalue weighted by Crippen LogP contribution is 2.45. The SMILES string of the molecule is c1ccc(-c2cccc(-c3nc(-c4ccccc4)nc(-c4cccc5c4ccc4ccc6c7cccc(-c8ccccc8)c7sc6c45)n3)c2)cc1. The summed E-state index contributed by atoms with van der Waals surface area (Å²) in [5, 5.41) is 7.37. The summed E-state index contributed by atoms with van der Waals surface area (Å²) in [7, 11) is 0. The molecular formula is C47H29N3S. The van der Waals surface area contributed by atoms with E-state index >= 15 is 0 Å². The fraction of sp³-hybridized carbons (Fsp3) is 0. The molecule has 0 bridgehead atoms. The van der Waals surface area contributed by atoms with Crippen LogP contribution in [0.1, 0.15) is 0 Å². The van der Waals surface area contributed by atoms with Crippen LogP contribution in [0.25, 0.3) is 98.1 Å². The summed E-state index contributed by atoms with van der Waals surface area (Å²) in [5.41, 5.74) is 7.67. The molecule has 0 atom stereocenters. The van der Waals surface area contributed by atoms with E-state index < -0.39 is 0 Å². The van der Waals surface area contributed by atoms with Crippen molar-refractivity contribution in [3.05, 3.63) is 176 Å². The number of benzene rings is 8. The minimum atomic E-state index is 0.648.